The summed E-state index contributed by atoms with van der Waals surface area (Å²) >= 11 is 0.951. The first-order chi connectivity index (χ1) is 15.0. The lowest BCUT2D eigenvalue weighted by atomic mass is 10.2. The van der Waals surface area contributed by atoms with E-state index < -0.39 is 38.3 Å². The average Bonchev–Trinajstić information content (AvgIpc) is 3.27. The molecular formula is C20H20FN3O5S3. The van der Waals surface area contributed by atoms with E-state index in [0.717, 1.165) is 28.0 Å². The third kappa shape index (κ3) is 5.26. The Hall–Kier alpha value is -2.96. The Balaban J connectivity index is 1.90. The molecule has 1 aromatic heterocycles. The Kier molecular flexibility index (Phi) is 6.86. The smallest absolute Gasteiger partial charge is 0.274 e. The van der Waals surface area contributed by atoms with E-state index in [0.29, 0.717) is 9.99 Å². The summed E-state index contributed by atoms with van der Waals surface area (Å²) in [5.41, 5.74) is 0.300. The molecule has 0 unspecified atom stereocenters. The van der Waals surface area contributed by atoms with Gasteiger partial charge in [0.2, 0.25) is 15.9 Å². The van der Waals surface area contributed by atoms with Gasteiger partial charge in [0.15, 0.2) is 0 Å². The van der Waals surface area contributed by atoms with Crippen LogP contribution in [-0.2, 0) is 24.8 Å². The van der Waals surface area contributed by atoms with Crippen LogP contribution in [0.15, 0.2) is 70.3 Å². The number of nitrogens with one attached hydrogen (secondary N) is 1. The number of carbonyl (C=O) groups excluding carboxylic acids is 1. The highest BCUT2D eigenvalue weighted by atomic mass is 32.2. The van der Waals surface area contributed by atoms with Gasteiger partial charge in [0.25, 0.3) is 10.0 Å². The van der Waals surface area contributed by atoms with Crippen LogP contribution in [0.25, 0.3) is 0 Å². The van der Waals surface area contributed by atoms with Gasteiger partial charge < -0.3 is 5.32 Å². The van der Waals surface area contributed by atoms with Crippen LogP contribution in [0.1, 0.15) is 0 Å². The van der Waals surface area contributed by atoms with Crippen LogP contribution < -0.4 is 13.9 Å². The second-order valence-electron chi connectivity index (χ2n) is 6.72. The molecule has 1 amide bonds. The number of thiophene rings is 1. The molecule has 0 spiro atoms. The maximum Gasteiger partial charge on any atom is 0.274 e. The summed E-state index contributed by atoms with van der Waals surface area (Å²) in [4.78, 5) is 12.7. The van der Waals surface area contributed by atoms with E-state index in [1.807, 2.05) is 0 Å². The molecule has 170 valence electrons. The number of benzene rings is 2. The first kappa shape index (κ1) is 23.7. The summed E-state index contributed by atoms with van der Waals surface area (Å²) in [6.07, 6.45) is 1.04. The average molecular weight is 498 g/mol. The number of nitrogens with zero attached hydrogens (tertiary/aromatic N) is 2. The van der Waals surface area contributed by atoms with E-state index in [4.69, 9.17) is 0 Å². The molecule has 8 nitrogen and oxygen atoms in total. The first-order valence-electron chi connectivity index (χ1n) is 9.15. The number of amides is 1. The van der Waals surface area contributed by atoms with Crippen molar-refractivity contribution < 1.29 is 26.0 Å². The van der Waals surface area contributed by atoms with Gasteiger partial charge in [-0.1, -0.05) is 24.3 Å². The van der Waals surface area contributed by atoms with Crippen molar-refractivity contribution in [2.24, 2.45) is 0 Å². The molecule has 12 heteroatoms. The largest absolute Gasteiger partial charge is 0.324 e. The zero-order chi connectivity index (χ0) is 23.5. The summed E-state index contributed by atoms with van der Waals surface area (Å²) in [5, 5.41) is 4.11. The van der Waals surface area contributed by atoms with Gasteiger partial charge in [0.1, 0.15) is 16.6 Å². The minimum absolute atomic E-state index is 0.0367. The maximum absolute atomic E-state index is 14.4. The van der Waals surface area contributed by atoms with Crippen molar-refractivity contribution in [2.75, 3.05) is 33.8 Å². The fraction of sp³-hybridized carbons (Fsp3) is 0.150. The van der Waals surface area contributed by atoms with E-state index in [-0.39, 0.29) is 15.6 Å². The Morgan fingerprint density at radius 1 is 1.03 bits per heavy atom. The van der Waals surface area contributed by atoms with Gasteiger partial charge in [0.05, 0.1) is 17.6 Å². The molecule has 0 saturated heterocycles. The molecule has 2 aromatic carbocycles. The van der Waals surface area contributed by atoms with Crippen LogP contribution in [-0.4, -0.2) is 42.6 Å². The van der Waals surface area contributed by atoms with Gasteiger partial charge in [-0.05, 0) is 41.8 Å². The quantitative estimate of drug-likeness (QED) is 0.515. The van der Waals surface area contributed by atoms with Gasteiger partial charge in [-0.15, -0.1) is 11.3 Å². The standard InChI is InChI=1S/C20H20FN3O5S3/c1-23(31(2,26)27)16-8-5-7-15(13-16)22-19(25)14-24(18-10-4-3-9-17(18)21)32(28,29)20-11-6-12-30-20/h3-13H,14H2,1-2H3,(H,22,25). The molecule has 0 bridgehead atoms. The van der Waals surface area contributed by atoms with E-state index in [9.17, 15) is 26.0 Å². The van der Waals surface area contributed by atoms with Crippen molar-refractivity contribution in [1.29, 1.82) is 0 Å². The molecular weight excluding hydrogens is 477 g/mol. The minimum Gasteiger partial charge on any atom is -0.324 e. The lowest BCUT2D eigenvalue weighted by Gasteiger charge is -2.24. The number of hydrogen-bond acceptors (Lipinski definition) is 6. The molecule has 0 aliphatic heterocycles. The normalized spacial score (nSPS) is 11.7. The van der Waals surface area contributed by atoms with Crippen LogP contribution >= 0.6 is 11.3 Å². The molecule has 0 atom stereocenters. The fourth-order valence-corrected chi connectivity index (χ4v) is 5.80. The highest BCUT2D eigenvalue weighted by Crippen LogP contribution is 2.28. The summed E-state index contributed by atoms with van der Waals surface area (Å²) in [5.74, 6) is -1.52. The summed E-state index contributed by atoms with van der Waals surface area (Å²) in [6.45, 7) is -0.687. The topological polar surface area (TPSA) is 104 Å². The van der Waals surface area contributed by atoms with Crippen LogP contribution in [0.5, 0.6) is 0 Å². The van der Waals surface area contributed by atoms with Gasteiger partial charge in [0, 0.05) is 12.7 Å². The predicted octanol–water partition coefficient (Wildman–Crippen LogP) is 3.12. The van der Waals surface area contributed by atoms with Gasteiger partial charge in [-0.25, -0.2) is 21.2 Å². The van der Waals surface area contributed by atoms with Gasteiger partial charge in [-0.2, -0.15) is 0 Å². The van der Waals surface area contributed by atoms with Gasteiger partial charge >= 0.3 is 0 Å². The summed E-state index contributed by atoms with van der Waals surface area (Å²) < 4.78 is 65.9. The van der Waals surface area contributed by atoms with E-state index >= 15 is 0 Å². The fourth-order valence-electron chi connectivity index (χ4n) is 2.77. The van der Waals surface area contributed by atoms with E-state index in [1.165, 1.54) is 43.4 Å². The van der Waals surface area contributed by atoms with Crippen molar-refractivity contribution in [3.05, 3.63) is 71.9 Å². The number of rotatable bonds is 8. The van der Waals surface area contributed by atoms with E-state index in [1.54, 1.807) is 23.6 Å². The number of sulfonamides is 2. The summed E-state index contributed by atoms with van der Waals surface area (Å²) in [7, 11) is -6.35. The number of halogens is 1. The Bertz CT molecular complexity index is 1330. The third-order valence-electron chi connectivity index (χ3n) is 4.44. The van der Waals surface area contributed by atoms with Crippen molar-refractivity contribution in [3.8, 4) is 0 Å². The lowest BCUT2D eigenvalue weighted by Crippen LogP contribution is -2.38. The summed E-state index contributed by atoms with van der Waals surface area (Å²) in [6, 6.07) is 14.2. The SMILES string of the molecule is CN(c1cccc(NC(=O)CN(c2ccccc2F)S(=O)(=O)c2cccs2)c1)S(C)(=O)=O. The number of carbonyl (C=O) groups is 1. The predicted molar refractivity (Wildman–Crippen MR) is 124 cm³/mol. The second-order valence-corrected chi connectivity index (χ2v) is 11.8. The van der Waals surface area contributed by atoms with E-state index in [2.05, 4.69) is 5.32 Å². The third-order valence-corrected chi connectivity index (χ3v) is 8.78. The molecule has 3 aromatic rings. The molecule has 0 fully saturated rings. The lowest BCUT2D eigenvalue weighted by molar-refractivity contribution is -0.114. The minimum atomic E-state index is -4.20. The first-order valence-corrected chi connectivity index (χ1v) is 13.3. The van der Waals surface area contributed by atoms with Gasteiger partial charge in [-0.3, -0.25) is 13.4 Å². The molecule has 0 aliphatic rings. The molecule has 0 radical (unpaired) electrons. The van der Waals surface area contributed by atoms with Crippen molar-refractivity contribution in [3.63, 3.8) is 0 Å². The van der Waals surface area contributed by atoms with Crippen LogP contribution in [0.4, 0.5) is 21.5 Å². The Labute approximate surface area is 190 Å². The molecule has 3 rings (SSSR count). The maximum atomic E-state index is 14.4. The van der Waals surface area contributed by atoms with Crippen molar-refractivity contribution >= 4 is 54.4 Å². The zero-order valence-electron chi connectivity index (χ0n) is 17.1. The monoisotopic (exact) mass is 497 g/mol. The van der Waals surface area contributed by atoms with Crippen LogP contribution in [0, 0.1) is 5.82 Å². The van der Waals surface area contributed by atoms with Crippen molar-refractivity contribution in [1.82, 2.24) is 0 Å². The highest BCUT2D eigenvalue weighted by molar-refractivity contribution is 7.94. The Morgan fingerprint density at radius 3 is 2.38 bits per heavy atom. The second kappa shape index (κ2) is 9.27. The molecule has 1 heterocycles. The molecule has 0 aliphatic carbocycles. The Morgan fingerprint density at radius 2 is 1.75 bits per heavy atom. The van der Waals surface area contributed by atoms with Crippen LogP contribution in [0.2, 0.25) is 0 Å². The van der Waals surface area contributed by atoms with Crippen molar-refractivity contribution in [2.45, 2.75) is 4.21 Å². The van der Waals surface area contributed by atoms with Crippen LogP contribution in [0.3, 0.4) is 0 Å². The number of hydrogen-bond donors (Lipinski definition) is 1. The number of anilines is 3. The molecule has 32 heavy (non-hydrogen) atoms. The zero-order valence-corrected chi connectivity index (χ0v) is 19.5. The number of para-hydroxylation sites is 1. The molecule has 0 saturated carbocycles. The molecule has 1 N–H and O–H groups in total. The highest BCUT2D eigenvalue weighted by Gasteiger charge is 2.30.